The lowest BCUT2D eigenvalue weighted by Crippen LogP contribution is -2.59. The summed E-state index contributed by atoms with van der Waals surface area (Å²) in [5.74, 6) is -2.04. The number of nitrogens with one attached hydrogen (secondary N) is 4. The number of halogens is 4. The van der Waals surface area contributed by atoms with Crippen LogP contribution in [0.3, 0.4) is 0 Å². The zero-order chi connectivity index (χ0) is 38.8. The first-order valence-electron chi connectivity index (χ1n) is 17.1. The number of hydrogen-bond acceptors (Lipinski definition) is 10. The Morgan fingerprint density at radius 2 is 1.69 bits per heavy atom. The van der Waals surface area contributed by atoms with Gasteiger partial charge in [0.05, 0.1) is 37.0 Å². The molecule has 5 rings (SSSR count). The van der Waals surface area contributed by atoms with Crippen LogP contribution in [0.5, 0.6) is 0 Å². The van der Waals surface area contributed by atoms with E-state index < -0.39 is 54.1 Å². The van der Waals surface area contributed by atoms with Crippen LogP contribution in [0.25, 0.3) is 10.9 Å². The molecule has 0 spiro atoms. The molecule has 0 aliphatic carbocycles. The monoisotopic (exact) mass is 790 g/mol. The number of fused-ring (bicyclic) bond motifs is 3. The van der Waals surface area contributed by atoms with Crippen molar-refractivity contribution in [3.63, 3.8) is 0 Å². The zero-order valence-corrected chi connectivity index (χ0v) is 31.0. The van der Waals surface area contributed by atoms with Crippen LogP contribution in [0.1, 0.15) is 22.3 Å². The second kappa shape index (κ2) is 18.9. The second-order valence-corrected chi connectivity index (χ2v) is 13.8. The van der Waals surface area contributed by atoms with Crippen LogP contribution in [0, 0.1) is 0 Å². The predicted octanol–water partition coefficient (Wildman–Crippen LogP) is 2.98. The molecule has 290 valence electrons. The van der Waals surface area contributed by atoms with Crippen LogP contribution in [0.4, 0.5) is 13.2 Å². The van der Waals surface area contributed by atoms with Gasteiger partial charge in [0.25, 0.3) is 0 Å². The Labute approximate surface area is 319 Å². The van der Waals surface area contributed by atoms with Crippen molar-refractivity contribution in [2.45, 2.75) is 53.7 Å². The van der Waals surface area contributed by atoms with Crippen LogP contribution in [-0.4, -0.2) is 97.3 Å². The molecule has 0 bridgehead atoms. The van der Waals surface area contributed by atoms with Crippen molar-refractivity contribution in [1.82, 2.24) is 30.8 Å². The number of para-hydroxylation sites is 1. The molecule has 2 aromatic heterocycles. The first kappa shape index (κ1) is 40.9. The molecule has 13 nitrogen and oxygen atoms in total. The van der Waals surface area contributed by atoms with E-state index in [0.717, 1.165) is 39.7 Å². The normalized spacial score (nSPS) is 19.2. The van der Waals surface area contributed by atoms with Gasteiger partial charge in [0, 0.05) is 67.8 Å². The third-order valence-electron chi connectivity index (χ3n) is 8.78. The molecule has 3 amide bonds. The van der Waals surface area contributed by atoms with E-state index in [2.05, 4.69) is 25.9 Å². The number of rotatable bonds is 10. The summed E-state index contributed by atoms with van der Waals surface area (Å²) in [7, 11) is 1.39. The Morgan fingerprint density at radius 3 is 2.41 bits per heavy atom. The SMILES string of the molecule is CN1C(=O)[C@H](COCCN)NC(=O)[C@H](COCCN)NCc2cccnc2Sc2c(Cl)ccc(C(F)(F)F)c2CNC(=O)[C@@H]1Cc1c[nH]c2ccccc12. The van der Waals surface area contributed by atoms with Gasteiger partial charge in [-0.05, 0) is 41.0 Å². The van der Waals surface area contributed by atoms with Gasteiger partial charge >= 0.3 is 6.18 Å². The van der Waals surface area contributed by atoms with Crippen LogP contribution in [0.15, 0.2) is 70.8 Å². The van der Waals surface area contributed by atoms with E-state index in [1.165, 1.54) is 13.2 Å². The number of hydrogen-bond donors (Lipinski definition) is 6. The molecule has 2 aromatic carbocycles. The highest BCUT2D eigenvalue weighted by Crippen LogP contribution is 2.42. The molecular formula is C36H42ClF3N8O5S. The minimum atomic E-state index is -4.80. The number of ether oxygens (including phenoxy) is 2. The van der Waals surface area contributed by atoms with Gasteiger partial charge in [0.1, 0.15) is 23.2 Å². The number of carbonyl (C=O) groups excluding carboxylic acids is 3. The van der Waals surface area contributed by atoms with Crippen LogP contribution < -0.4 is 27.4 Å². The van der Waals surface area contributed by atoms with Gasteiger partial charge < -0.3 is 41.5 Å². The standard InChI is InChI=1S/C36H42ClF3N8O5S/c1-48-30(15-22-17-44-27-7-3-2-6-23(22)27)33(50)46-18-24-25(36(38,39)40)8-9-26(37)31(24)54-34-21(5-4-12-43-34)16-45-28(19-52-13-10-41)32(49)47-29(35(48)51)20-53-14-11-42/h2-9,12,17,28-30,44-45H,10-11,13-16,18-20,41-42H2,1H3,(H,46,50)(H,47,49)/t28-,29-,30-/m0/s1. The number of nitrogens with two attached hydrogens (primary N) is 2. The van der Waals surface area contributed by atoms with E-state index >= 15 is 0 Å². The number of aromatic amines is 1. The number of nitrogens with zero attached hydrogens (tertiary/aromatic N) is 2. The Kier molecular flexibility index (Phi) is 14.3. The number of carbonyl (C=O) groups is 3. The summed E-state index contributed by atoms with van der Waals surface area (Å²) in [6.07, 6.45) is -1.64. The lowest BCUT2D eigenvalue weighted by atomic mass is 10.0. The molecule has 8 N–H and O–H groups in total. The minimum Gasteiger partial charge on any atom is -0.378 e. The zero-order valence-electron chi connectivity index (χ0n) is 29.4. The van der Waals surface area contributed by atoms with Gasteiger partial charge in [0.15, 0.2) is 0 Å². The Morgan fingerprint density at radius 1 is 0.963 bits per heavy atom. The van der Waals surface area contributed by atoms with E-state index in [4.69, 9.17) is 32.5 Å². The van der Waals surface area contributed by atoms with Crippen LogP contribution >= 0.6 is 23.4 Å². The molecule has 3 heterocycles. The molecule has 18 heteroatoms. The number of likely N-dealkylation sites (N-methyl/N-ethyl adjacent to an activating group) is 1. The summed E-state index contributed by atoms with van der Waals surface area (Å²) in [6.45, 7) is -0.418. The molecule has 3 atom stereocenters. The van der Waals surface area contributed by atoms with E-state index in [1.807, 2.05) is 24.3 Å². The fraction of sp³-hybridized carbons (Fsp3) is 0.389. The summed E-state index contributed by atoms with van der Waals surface area (Å²) in [6, 6.07) is 9.14. The summed E-state index contributed by atoms with van der Waals surface area (Å²) < 4.78 is 54.9. The minimum absolute atomic E-state index is 0.00938. The lowest BCUT2D eigenvalue weighted by Gasteiger charge is -2.31. The van der Waals surface area contributed by atoms with Gasteiger partial charge in [-0.2, -0.15) is 13.2 Å². The van der Waals surface area contributed by atoms with E-state index in [-0.39, 0.29) is 68.0 Å². The number of benzene rings is 2. The fourth-order valence-electron chi connectivity index (χ4n) is 5.98. The summed E-state index contributed by atoms with van der Waals surface area (Å²) >= 11 is 7.49. The smallest absolute Gasteiger partial charge is 0.378 e. The Balaban J connectivity index is 1.62. The van der Waals surface area contributed by atoms with E-state index in [1.54, 1.807) is 18.3 Å². The fourth-order valence-corrected chi connectivity index (χ4v) is 7.32. The highest BCUT2D eigenvalue weighted by atomic mass is 35.5. The number of amides is 3. The average Bonchev–Trinajstić information content (AvgIpc) is 3.56. The third-order valence-corrected chi connectivity index (χ3v) is 10.4. The largest absolute Gasteiger partial charge is 0.416 e. The van der Waals surface area contributed by atoms with Crippen molar-refractivity contribution in [3.8, 4) is 0 Å². The average molecular weight is 791 g/mol. The van der Waals surface area contributed by atoms with Gasteiger partial charge in [-0.3, -0.25) is 19.7 Å². The van der Waals surface area contributed by atoms with Gasteiger partial charge in [-0.25, -0.2) is 4.98 Å². The molecule has 4 aromatic rings. The highest BCUT2D eigenvalue weighted by Gasteiger charge is 2.37. The molecule has 0 unspecified atom stereocenters. The molecular weight excluding hydrogens is 749 g/mol. The summed E-state index contributed by atoms with van der Waals surface area (Å²) in [5, 5.41) is 9.65. The number of alkyl halides is 3. The second-order valence-electron chi connectivity index (χ2n) is 12.4. The molecule has 0 saturated carbocycles. The first-order chi connectivity index (χ1) is 25.9. The van der Waals surface area contributed by atoms with E-state index in [0.29, 0.717) is 16.2 Å². The van der Waals surface area contributed by atoms with Crippen molar-refractivity contribution in [2.75, 3.05) is 46.6 Å². The summed E-state index contributed by atoms with van der Waals surface area (Å²) in [4.78, 5) is 51.2. The maximum atomic E-state index is 14.6. The molecule has 0 saturated heterocycles. The van der Waals surface area contributed by atoms with Gasteiger partial charge in [0.2, 0.25) is 17.7 Å². The van der Waals surface area contributed by atoms with Crippen molar-refractivity contribution in [2.24, 2.45) is 11.5 Å². The van der Waals surface area contributed by atoms with Gasteiger partial charge in [-0.15, -0.1) is 0 Å². The summed E-state index contributed by atoms with van der Waals surface area (Å²) in [5.41, 5.74) is 12.0. The molecule has 1 aliphatic heterocycles. The Bertz CT molecular complexity index is 1930. The van der Waals surface area contributed by atoms with Crippen molar-refractivity contribution < 1.29 is 37.0 Å². The van der Waals surface area contributed by atoms with E-state index in [9.17, 15) is 27.6 Å². The quantitative estimate of drug-likeness (QED) is 0.130. The number of pyridine rings is 1. The number of H-pyrrole nitrogens is 1. The Hall–Kier alpha value is -4.23. The third kappa shape index (κ3) is 10.1. The lowest BCUT2D eigenvalue weighted by molar-refractivity contribution is -0.143. The highest BCUT2D eigenvalue weighted by molar-refractivity contribution is 7.99. The topological polar surface area (TPSA) is 190 Å². The van der Waals surface area contributed by atoms with Gasteiger partial charge in [-0.1, -0.05) is 47.6 Å². The maximum Gasteiger partial charge on any atom is 0.416 e. The molecule has 0 fully saturated rings. The van der Waals surface area contributed by atoms with Crippen molar-refractivity contribution in [1.29, 1.82) is 0 Å². The van der Waals surface area contributed by atoms with Crippen LogP contribution in [0.2, 0.25) is 5.02 Å². The van der Waals surface area contributed by atoms with Crippen molar-refractivity contribution >= 4 is 52.0 Å². The molecule has 1 aliphatic rings. The first-order valence-corrected chi connectivity index (χ1v) is 18.3. The number of aromatic nitrogens is 2. The molecule has 54 heavy (non-hydrogen) atoms. The maximum absolute atomic E-state index is 14.6. The van der Waals surface area contributed by atoms with Crippen molar-refractivity contribution in [3.05, 3.63) is 88.2 Å². The predicted molar refractivity (Wildman–Crippen MR) is 198 cm³/mol. The molecule has 0 radical (unpaired) electrons. The van der Waals surface area contributed by atoms with Crippen LogP contribution in [-0.2, 0) is 49.5 Å².